The van der Waals surface area contributed by atoms with E-state index >= 15 is 0 Å². The summed E-state index contributed by atoms with van der Waals surface area (Å²) in [5, 5.41) is 0. The molecule has 0 aliphatic heterocycles. The molecule has 0 aromatic heterocycles. The molecule has 0 heterocycles. The second-order valence-electron chi connectivity index (χ2n) is 6.38. The van der Waals surface area contributed by atoms with E-state index in [1.807, 2.05) is 6.07 Å². The van der Waals surface area contributed by atoms with Gasteiger partial charge in [-0.25, -0.2) is 4.39 Å². The average molecular weight is 280 g/mol. The molecule has 0 saturated heterocycles. The van der Waals surface area contributed by atoms with Crippen molar-refractivity contribution in [3.8, 4) is 5.75 Å². The SMILES string of the molecule is COc1ccc(C(NN)C2CCCCC2(C)C)cc1F. The van der Waals surface area contributed by atoms with Crippen LogP contribution in [0.3, 0.4) is 0 Å². The Morgan fingerprint density at radius 1 is 1.40 bits per heavy atom. The van der Waals surface area contributed by atoms with Crippen LogP contribution in [0, 0.1) is 17.2 Å². The summed E-state index contributed by atoms with van der Waals surface area (Å²) in [5.41, 5.74) is 4.01. The second-order valence-corrected chi connectivity index (χ2v) is 6.38. The van der Waals surface area contributed by atoms with Crippen molar-refractivity contribution in [3.05, 3.63) is 29.6 Å². The fourth-order valence-corrected chi connectivity index (χ4v) is 3.46. The van der Waals surface area contributed by atoms with Gasteiger partial charge in [0, 0.05) is 6.04 Å². The van der Waals surface area contributed by atoms with Crippen LogP contribution < -0.4 is 16.0 Å². The van der Waals surface area contributed by atoms with Crippen LogP contribution in [0.25, 0.3) is 0 Å². The van der Waals surface area contributed by atoms with Crippen LogP contribution in [-0.4, -0.2) is 7.11 Å². The van der Waals surface area contributed by atoms with Gasteiger partial charge in [-0.2, -0.15) is 0 Å². The Bertz CT molecular complexity index is 462. The van der Waals surface area contributed by atoms with E-state index in [0.717, 1.165) is 12.0 Å². The van der Waals surface area contributed by atoms with Crippen LogP contribution in [0.15, 0.2) is 18.2 Å². The molecule has 4 heteroatoms. The normalized spacial score (nSPS) is 23.4. The molecule has 1 aromatic rings. The molecule has 3 N–H and O–H groups in total. The number of methoxy groups -OCH3 is 1. The fourth-order valence-electron chi connectivity index (χ4n) is 3.46. The lowest BCUT2D eigenvalue weighted by atomic mass is 9.65. The van der Waals surface area contributed by atoms with Gasteiger partial charge in [-0.1, -0.05) is 32.8 Å². The lowest BCUT2D eigenvalue weighted by Gasteiger charge is -2.43. The van der Waals surface area contributed by atoms with Crippen LogP contribution in [0.2, 0.25) is 0 Å². The average Bonchev–Trinajstić information content (AvgIpc) is 2.41. The van der Waals surface area contributed by atoms with Crippen LogP contribution in [0.1, 0.15) is 51.1 Å². The molecule has 1 aliphatic rings. The lowest BCUT2D eigenvalue weighted by molar-refractivity contribution is 0.0981. The van der Waals surface area contributed by atoms with Crippen molar-refractivity contribution in [1.29, 1.82) is 0 Å². The van der Waals surface area contributed by atoms with E-state index in [1.165, 1.54) is 32.4 Å². The van der Waals surface area contributed by atoms with Gasteiger partial charge in [-0.3, -0.25) is 11.3 Å². The van der Waals surface area contributed by atoms with Crippen molar-refractivity contribution in [2.75, 3.05) is 7.11 Å². The molecular formula is C16H25FN2O. The Morgan fingerprint density at radius 2 is 2.15 bits per heavy atom. The Kier molecular flexibility index (Phi) is 4.66. The quantitative estimate of drug-likeness (QED) is 0.655. The topological polar surface area (TPSA) is 47.3 Å². The minimum Gasteiger partial charge on any atom is -0.494 e. The number of halogens is 1. The highest BCUT2D eigenvalue weighted by Crippen LogP contribution is 2.46. The monoisotopic (exact) mass is 280 g/mol. The standard InChI is InChI=1S/C16H25FN2O/c1-16(2)9-5-4-6-12(16)15(19-18)11-7-8-14(20-3)13(17)10-11/h7-8,10,12,15,19H,4-6,9,18H2,1-3H3. The zero-order valence-electron chi connectivity index (χ0n) is 12.6. The number of nitrogens with two attached hydrogens (primary N) is 1. The summed E-state index contributed by atoms with van der Waals surface area (Å²) < 4.78 is 18.9. The van der Waals surface area contributed by atoms with Crippen LogP contribution >= 0.6 is 0 Å². The first-order valence-corrected chi connectivity index (χ1v) is 7.29. The highest BCUT2D eigenvalue weighted by atomic mass is 19.1. The third kappa shape index (κ3) is 2.96. The summed E-state index contributed by atoms with van der Waals surface area (Å²) >= 11 is 0. The van der Waals surface area contributed by atoms with Crippen molar-refractivity contribution in [3.63, 3.8) is 0 Å². The van der Waals surface area contributed by atoms with Gasteiger partial charge in [-0.15, -0.1) is 0 Å². The second kappa shape index (κ2) is 6.10. The summed E-state index contributed by atoms with van der Waals surface area (Å²) in [4.78, 5) is 0. The first kappa shape index (κ1) is 15.3. The van der Waals surface area contributed by atoms with Crippen LogP contribution in [-0.2, 0) is 0 Å². The van der Waals surface area contributed by atoms with Gasteiger partial charge in [0.25, 0.3) is 0 Å². The number of benzene rings is 1. The third-order valence-corrected chi connectivity index (χ3v) is 4.71. The van der Waals surface area contributed by atoms with Crippen LogP contribution in [0.5, 0.6) is 5.75 Å². The Hall–Kier alpha value is -1.13. The molecule has 3 nitrogen and oxygen atoms in total. The maximum Gasteiger partial charge on any atom is 0.165 e. The van der Waals surface area contributed by atoms with Crippen molar-refractivity contribution in [2.45, 2.75) is 45.6 Å². The molecule has 20 heavy (non-hydrogen) atoms. The molecule has 1 aromatic carbocycles. The van der Waals surface area contributed by atoms with E-state index in [2.05, 4.69) is 19.3 Å². The summed E-state index contributed by atoms with van der Waals surface area (Å²) in [7, 11) is 1.47. The van der Waals surface area contributed by atoms with E-state index in [-0.39, 0.29) is 23.0 Å². The minimum atomic E-state index is -0.334. The van der Waals surface area contributed by atoms with Gasteiger partial charge in [0.2, 0.25) is 0 Å². The van der Waals surface area contributed by atoms with E-state index in [4.69, 9.17) is 10.6 Å². The maximum absolute atomic E-state index is 13.9. The smallest absolute Gasteiger partial charge is 0.165 e. The molecule has 112 valence electrons. The maximum atomic E-state index is 13.9. The highest BCUT2D eigenvalue weighted by molar-refractivity contribution is 5.31. The number of hydrogen-bond acceptors (Lipinski definition) is 3. The Balaban J connectivity index is 2.29. The summed E-state index contributed by atoms with van der Waals surface area (Å²) in [6.07, 6.45) is 4.78. The molecule has 0 spiro atoms. The molecule has 0 amide bonds. The van der Waals surface area contributed by atoms with E-state index in [1.54, 1.807) is 6.07 Å². The predicted octanol–water partition coefficient (Wildman–Crippen LogP) is 3.56. The molecule has 0 radical (unpaired) electrons. The van der Waals surface area contributed by atoms with Gasteiger partial charge in [0.05, 0.1) is 7.11 Å². The van der Waals surface area contributed by atoms with Gasteiger partial charge < -0.3 is 4.74 Å². The number of nitrogens with one attached hydrogen (secondary N) is 1. The van der Waals surface area contributed by atoms with Crippen LogP contribution in [0.4, 0.5) is 4.39 Å². The summed E-state index contributed by atoms with van der Waals surface area (Å²) in [6, 6.07) is 5.08. The van der Waals surface area contributed by atoms with Crippen molar-refractivity contribution < 1.29 is 9.13 Å². The molecule has 1 aliphatic carbocycles. The molecule has 1 saturated carbocycles. The number of rotatable bonds is 4. The number of hydrazine groups is 1. The molecule has 2 unspecified atom stereocenters. The Morgan fingerprint density at radius 3 is 2.70 bits per heavy atom. The van der Waals surface area contributed by atoms with Crippen molar-refractivity contribution in [1.82, 2.24) is 5.43 Å². The van der Waals surface area contributed by atoms with Crippen molar-refractivity contribution >= 4 is 0 Å². The van der Waals surface area contributed by atoms with Gasteiger partial charge in [-0.05, 0) is 41.9 Å². The predicted molar refractivity (Wildman–Crippen MR) is 78.8 cm³/mol. The van der Waals surface area contributed by atoms with Gasteiger partial charge in [0.15, 0.2) is 11.6 Å². The first-order valence-electron chi connectivity index (χ1n) is 7.29. The number of hydrogen-bond donors (Lipinski definition) is 2. The third-order valence-electron chi connectivity index (χ3n) is 4.71. The van der Waals surface area contributed by atoms with E-state index in [0.29, 0.717) is 5.92 Å². The lowest BCUT2D eigenvalue weighted by Crippen LogP contribution is -2.41. The molecule has 2 atom stereocenters. The fraction of sp³-hybridized carbons (Fsp3) is 0.625. The van der Waals surface area contributed by atoms with Crippen molar-refractivity contribution in [2.24, 2.45) is 17.2 Å². The minimum absolute atomic E-state index is 0.0225. The highest BCUT2D eigenvalue weighted by Gasteiger charge is 2.38. The summed E-state index contributed by atoms with van der Waals surface area (Å²) in [5.74, 6) is 6.12. The molecule has 1 fully saturated rings. The summed E-state index contributed by atoms with van der Waals surface area (Å²) in [6.45, 7) is 4.56. The first-order chi connectivity index (χ1) is 9.49. The molecule has 0 bridgehead atoms. The number of ether oxygens (including phenoxy) is 1. The zero-order valence-corrected chi connectivity index (χ0v) is 12.6. The van der Waals surface area contributed by atoms with Gasteiger partial charge in [0.1, 0.15) is 0 Å². The van der Waals surface area contributed by atoms with E-state index in [9.17, 15) is 4.39 Å². The van der Waals surface area contributed by atoms with Gasteiger partial charge >= 0.3 is 0 Å². The molecular weight excluding hydrogens is 255 g/mol. The van der Waals surface area contributed by atoms with E-state index < -0.39 is 0 Å². The zero-order chi connectivity index (χ0) is 14.8. The Labute approximate surface area is 120 Å². The largest absolute Gasteiger partial charge is 0.494 e. The molecule has 2 rings (SSSR count).